The van der Waals surface area contributed by atoms with E-state index in [-0.39, 0.29) is 23.5 Å². The summed E-state index contributed by atoms with van der Waals surface area (Å²) in [5, 5.41) is 5.56. The number of Topliss-reactive ketones (excluding diaryl/α,β-unsaturated/α-hetero) is 1. The first kappa shape index (κ1) is 17.4. The van der Waals surface area contributed by atoms with E-state index < -0.39 is 18.0 Å². The molecule has 126 valence electrons. The molecule has 1 heterocycles. The summed E-state index contributed by atoms with van der Waals surface area (Å²) < 4.78 is 9.56. The zero-order valence-corrected chi connectivity index (χ0v) is 13.7. The first-order valence-electron chi connectivity index (χ1n) is 7.37. The summed E-state index contributed by atoms with van der Waals surface area (Å²) in [6.45, 7) is 1.69. The molecule has 1 unspecified atom stereocenters. The Morgan fingerprint density at radius 2 is 1.79 bits per heavy atom. The average Bonchev–Trinajstić information content (AvgIpc) is 2.65. The zero-order chi connectivity index (χ0) is 17.7. The van der Waals surface area contributed by atoms with Gasteiger partial charge in [0.05, 0.1) is 25.5 Å². The highest BCUT2D eigenvalue weighted by atomic mass is 16.5. The lowest BCUT2D eigenvalue weighted by atomic mass is 10.00. The normalized spacial score (nSPS) is 16.8. The van der Waals surface area contributed by atoms with Crippen LogP contribution in [-0.2, 0) is 23.9 Å². The second-order valence-corrected chi connectivity index (χ2v) is 4.96. The molecule has 0 spiro atoms. The smallest absolute Gasteiger partial charge is 0.336 e. The molecule has 0 aliphatic carbocycles. The van der Waals surface area contributed by atoms with Gasteiger partial charge >= 0.3 is 11.9 Å². The van der Waals surface area contributed by atoms with Crippen LogP contribution in [0, 0.1) is 0 Å². The number of hydrazone groups is 1. The van der Waals surface area contributed by atoms with Crippen molar-refractivity contribution in [3.05, 3.63) is 42.0 Å². The van der Waals surface area contributed by atoms with Crippen LogP contribution in [0.5, 0.6) is 0 Å². The van der Waals surface area contributed by atoms with Gasteiger partial charge in [-0.2, -0.15) is 5.10 Å². The minimum atomic E-state index is -1.13. The summed E-state index contributed by atoms with van der Waals surface area (Å²) >= 11 is 0. The monoisotopic (exact) mass is 330 g/mol. The molecular formula is C17H18N2O5. The topological polar surface area (TPSA) is 85.3 Å². The van der Waals surface area contributed by atoms with Crippen molar-refractivity contribution >= 4 is 29.1 Å². The highest BCUT2D eigenvalue weighted by molar-refractivity contribution is 6.45. The number of benzene rings is 1. The number of ether oxygens (including phenoxy) is 2. The minimum Gasteiger partial charge on any atom is -0.467 e. The van der Waals surface area contributed by atoms with Gasteiger partial charge in [-0.1, -0.05) is 25.1 Å². The number of anilines is 1. The molecule has 0 aromatic heterocycles. The predicted octanol–water partition coefficient (Wildman–Crippen LogP) is 1.48. The molecule has 0 radical (unpaired) electrons. The van der Waals surface area contributed by atoms with Crippen LogP contribution >= 0.6 is 0 Å². The Hall–Kier alpha value is -2.96. The molecule has 24 heavy (non-hydrogen) atoms. The summed E-state index contributed by atoms with van der Waals surface area (Å²) in [5.74, 6) is -1.65. The minimum absolute atomic E-state index is 0.00000283. The number of ketones is 1. The van der Waals surface area contributed by atoms with Gasteiger partial charge in [0, 0.05) is 6.42 Å². The average molecular weight is 330 g/mol. The molecule has 1 aromatic carbocycles. The third-order valence-electron chi connectivity index (χ3n) is 3.52. The number of methoxy groups -OCH3 is 2. The van der Waals surface area contributed by atoms with E-state index in [1.165, 1.54) is 25.3 Å². The molecule has 7 heteroatoms. The summed E-state index contributed by atoms with van der Waals surface area (Å²) in [4.78, 5) is 36.5. The van der Waals surface area contributed by atoms with Gasteiger partial charge in [0.2, 0.25) is 0 Å². The van der Waals surface area contributed by atoms with E-state index in [4.69, 9.17) is 9.47 Å². The molecule has 1 atom stereocenters. The second-order valence-electron chi connectivity index (χ2n) is 4.96. The van der Waals surface area contributed by atoms with Crippen molar-refractivity contribution in [1.82, 2.24) is 0 Å². The first-order valence-corrected chi connectivity index (χ1v) is 7.37. The van der Waals surface area contributed by atoms with Gasteiger partial charge in [-0.3, -0.25) is 4.79 Å². The number of carbonyl (C=O) groups is 3. The summed E-state index contributed by atoms with van der Waals surface area (Å²) in [5.41, 5.74) is 0.630. The number of rotatable bonds is 5. The maximum Gasteiger partial charge on any atom is 0.336 e. The second kappa shape index (κ2) is 7.54. The number of para-hydroxylation sites is 1. The van der Waals surface area contributed by atoms with E-state index in [9.17, 15) is 14.4 Å². The molecule has 0 bridgehead atoms. The van der Waals surface area contributed by atoms with Crippen molar-refractivity contribution in [3.63, 3.8) is 0 Å². The van der Waals surface area contributed by atoms with E-state index in [2.05, 4.69) is 5.10 Å². The fraction of sp³-hybridized carbons (Fsp3) is 0.294. The molecular weight excluding hydrogens is 312 g/mol. The number of hydrogen-bond acceptors (Lipinski definition) is 7. The Balaban J connectivity index is 2.61. The number of carbonyl (C=O) groups excluding carboxylic acids is 3. The molecule has 0 fully saturated rings. The molecule has 1 aliphatic rings. The van der Waals surface area contributed by atoms with Gasteiger partial charge in [0.1, 0.15) is 5.71 Å². The third kappa shape index (κ3) is 3.34. The molecule has 1 aliphatic heterocycles. The molecule has 0 N–H and O–H groups in total. The van der Waals surface area contributed by atoms with Gasteiger partial charge in [-0.25, -0.2) is 14.6 Å². The van der Waals surface area contributed by atoms with Crippen molar-refractivity contribution in [2.24, 2.45) is 5.10 Å². The standard InChI is InChI=1S/C17H18N2O5/c1-4-14(20)13-10-12(16(21)23-2)15(17(22)24-3)19(18-13)11-8-6-5-7-9-11/h5-10,15H,4H2,1-3H3. The summed E-state index contributed by atoms with van der Waals surface area (Å²) in [6, 6.07) is 7.63. The summed E-state index contributed by atoms with van der Waals surface area (Å²) in [6.07, 6.45) is 1.51. The lowest BCUT2D eigenvalue weighted by Crippen LogP contribution is -2.46. The molecule has 1 aromatic rings. The maximum absolute atomic E-state index is 12.3. The van der Waals surface area contributed by atoms with E-state index in [0.717, 1.165) is 0 Å². The van der Waals surface area contributed by atoms with Gasteiger partial charge in [0.25, 0.3) is 0 Å². The lowest BCUT2D eigenvalue weighted by molar-refractivity contribution is -0.144. The van der Waals surface area contributed by atoms with Crippen LogP contribution in [-0.4, -0.2) is 43.7 Å². The van der Waals surface area contributed by atoms with Crippen LogP contribution in [0.3, 0.4) is 0 Å². The van der Waals surface area contributed by atoms with Crippen LogP contribution < -0.4 is 5.01 Å². The number of nitrogens with zero attached hydrogens (tertiary/aromatic N) is 2. The summed E-state index contributed by atoms with van der Waals surface area (Å²) in [7, 11) is 2.42. The third-order valence-corrected chi connectivity index (χ3v) is 3.52. The van der Waals surface area contributed by atoms with E-state index in [1.807, 2.05) is 0 Å². The molecule has 2 rings (SSSR count). The lowest BCUT2D eigenvalue weighted by Gasteiger charge is -2.31. The first-order chi connectivity index (χ1) is 11.5. The Labute approximate surface area is 139 Å². The number of esters is 2. The van der Waals surface area contributed by atoms with Crippen molar-refractivity contribution < 1.29 is 23.9 Å². The van der Waals surface area contributed by atoms with Gasteiger partial charge < -0.3 is 9.47 Å². The predicted molar refractivity (Wildman–Crippen MR) is 87.6 cm³/mol. The van der Waals surface area contributed by atoms with Gasteiger partial charge in [-0.05, 0) is 18.2 Å². The van der Waals surface area contributed by atoms with Crippen LogP contribution in [0.15, 0.2) is 47.1 Å². The van der Waals surface area contributed by atoms with E-state index in [0.29, 0.717) is 5.69 Å². The Bertz CT molecular complexity index is 709. The SMILES string of the molecule is CCC(=O)C1=NN(c2ccccc2)C(C(=O)OC)C(C(=O)OC)=C1. The number of allylic oxidation sites excluding steroid dienone is 1. The van der Waals surface area contributed by atoms with Crippen molar-refractivity contribution in [3.8, 4) is 0 Å². The van der Waals surface area contributed by atoms with Crippen molar-refractivity contribution in [2.75, 3.05) is 19.2 Å². The molecule has 7 nitrogen and oxygen atoms in total. The largest absolute Gasteiger partial charge is 0.467 e. The Morgan fingerprint density at radius 3 is 2.33 bits per heavy atom. The molecule has 0 saturated carbocycles. The van der Waals surface area contributed by atoms with Crippen LogP contribution in [0.4, 0.5) is 5.69 Å². The fourth-order valence-electron chi connectivity index (χ4n) is 2.29. The Kier molecular flexibility index (Phi) is 5.47. The van der Waals surface area contributed by atoms with Gasteiger partial charge in [0.15, 0.2) is 11.8 Å². The highest BCUT2D eigenvalue weighted by Crippen LogP contribution is 2.26. The van der Waals surface area contributed by atoms with Gasteiger partial charge in [-0.15, -0.1) is 0 Å². The van der Waals surface area contributed by atoms with Crippen LogP contribution in [0.1, 0.15) is 13.3 Å². The van der Waals surface area contributed by atoms with Crippen molar-refractivity contribution in [2.45, 2.75) is 19.4 Å². The van der Waals surface area contributed by atoms with Crippen LogP contribution in [0.25, 0.3) is 0 Å². The van der Waals surface area contributed by atoms with E-state index in [1.54, 1.807) is 37.3 Å². The maximum atomic E-state index is 12.3. The Morgan fingerprint density at radius 1 is 1.12 bits per heavy atom. The van der Waals surface area contributed by atoms with Crippen molar-refractivity contribution in [1.29, 1.82) is 0 Å². The molecule has 0 amide bonds. The zero-order valence-electron chi connectivity index (χ0n) is 13.7. The number of hydrogen-bond donors (Lipinski definition) is 0. The molecule has 0 saturated heterocycles. The quantitative estimate of drug-likeness (QED) is 0.760. The fourth-order valence-corrected chi connectivity index (χ4v) is 2.29. The highest BCUT2D eigenvalue weighted by Gasteiger charge is 2.39. The van der Waals surface area contributed by atoms with Crippen LogP contribution in [0.2, 0.25) is 0 Å². The van der Waals surface area contributed by atoms with E-state index >= 15 is 0 Å².